The Hall–Kier alpha value is -0.960. The summed E-state index contributed by atoms with van der Waals surface area (Å²) < 4.78 is 1.09. The number of rotatable bonds is 2. The second kappa shape index (κ2) is 4.37. The second-order valence-electron chi connectivity index (χ2n) is 5.20. The van der Waals surface area contributed by atoms with E-state index < -0.39 is 0 Å². The molecule has 0 atom stereocenters. The normalized spacial score (nSPS) is 29.5. The highest BCUT2D eigenvalue weighted by atomic mass is 79.9. The maximum absolute atomic E-state index is 6.24. The number of benzene rings is 1. The Bertz CT molecular complexity index is 455. The van der Waals surface area contributed by atoms with Gasteiger partial charge in [0.05, 0.1) is 0 Å². The van der Waals surface area contributed by atoms with Crippen molar-refractivity contribution in [3.8, 4) is 0 Å². The van der Waals surface area contributed by atoms with Gasteiger partial charge in [-0.15, -0.1) is 0 Å². The summed E-state index contributed by atoms with van der Waals surface area (Å²) in [6, 6.07) is 8.39. The average Bonchev–Trinajstić information content (AvgIpc) is 2.23. The highest BCUT2D eigenvalue weighted by molar-refractivity contribution is 9.10. The van der Waals surface area contributed by atoms with Gasteiger partial charge in [0.2, 0.25) is 0 Å². The van der Waals surface area contributed by atoms with Crippen LogP contribution in [0, 0.1) is 5.92 Å². The minimum absolute atomic E-state index is 0.0397. The van der Waals surface area contributed by atoms with Crippen LogP contribution in [0.5, 0.6) is 0 Å². The first-order chi connectivity index (χ1) is 7.95. The number of halogens is 1. The molecule has 0 radical (unpaired) electrons. The molecule has 1 aliphatic rings. The molecule has 2 nitrogen and oxygen atoms in total. The second-order valence-corrected chi connectivity index (χ2v) is 6.12. The van der Waals surface area contributed by atoms with Gasteiger partial charge in [0.25, 0.3) is 0 Å². The lowest BCUT2D eigenvalue weighted by atomic mass is 9.57. The van der Waals surface area contributed by atoms with E-state index >= 15 is 0 Å². The SMILES string of the molecule is C/C(N)=C(/N)C1(c2cccc(Br)c2)CC(C)C1. The van der Waals surface area contributed by atoms with Crippen LogP contribution in [0.3, 0.4) is 0 Å². The van der Waals surface area contributed by atoms with Crippen LogP contribution in [0.25, 0.3) is 0 Å². The van der Waals surface area contributed by atoms with E-state index in [1.807, 2.05) is 13.0 Å². The third-order valence-electron chi connectivity index (χ3n) is 3.71. The molecule has 0 spiro atoms. The van der Waals surface area contributed by atoms with E-state index in [2.05, 4.69) is 41.1 Å². The van der Waals surface area contributed by atoms with E-state index in [0.717, 1.165) is 28.7 Å². The fraction of sp³-hybridized carbons (Fsp3) is 0.429. The summed E-state index contributed by atoms with van der Waals surface area (Å²) in [6.07, 6.45) is 2.17. The minimum Gasteiger partial charge on any atom is -0.401 e. The van der Waals surface area contributed by atoms with Gasteiger partial charge in [0.1, 0.15) is 0 Å². The van der Waals surface area contributed by atoms with Gasteiger partial charge in [-0.3, -0.25) is 0 Å². The smallest absolute Gasteiger partial charge is 0.0376 e. The van der Waals surface area contributed by atoms with Gasteiger partial charge in [-0.2, -0.15) is 0 Å². The molecule has 0 aliphatic heterocycles. The molecular weight excluding hydrogens is 276 g/mol. The van der Waals surface area contributed by atoms with Crippen molar-refractivity contribution in [2.45, 2.75) is 32.1 Å². The summed E-state index contributed by atoms with van der Waals surface area (Å²) in [7, 11) is 0. The predicted molar refractivity (Wildman–Crippen MR) is 75.3 cm³/mol. The largest absolute Gasteiger partial charge is 0.401 e. The first kappa shape index (κ1) is 12.5. The molecule has 0 saturated heterocycles. The molecule has 3 heteroatoms. The number of hydrogen-bond acceptors (Lipinski definition) is 2. The van der Waals surface area contributed by atoms with Crippen LogP contribution in [0.4, 0.5) is 0 Å². The van der Waals surface area contributed by atoms with Gasteiger partial charge in [0, 0.05) is 21.3 Å². The van der Waals surface area contributed by atoms with E-state index in [0.29, 0.717) is 5.92 Å². The van der Waals surface area contributed by atoms with Crippen LogP contribution in [0.15, 0.2) is 40.1 Å². The monoisotopic (exact) mass is 294 g/mol. The Morgan fingerprint density at radius 2 is 2.00 bits per heavy atom. The molecule has 1 aromatic carbocycles. The summed E-state index contributed by atoms with van der Waals surface area (Å²) in [5, 5.41) is 0. The molecule has 0 bridgehead atoms. The minimum atomic E-state index is -0.0397. The van der Waals surface area contributed by atoms with Gasteiger partial charge in [-0.1, -0.05) is 35.0 Å². The highest BCUT2D eigenvalue weighted by Crippen LogP contribution is 2.51. The van der Waals surface area contributed by atoms with E-state index in [9.17, 15) is 0 Å². The van der Waals surface area contributed by atoms with E-state index in [-0.39, 0.29) is 5.41 Å². The highest BCUT2D eigenvalue weighted by Gasteiger charge is 2.46. The van der Waals surface area contributed by atoms with Crippen molar-refractivity contribution in [2.24, 2.45) is 17.4 Å². The summed E-state index contributed by atoms with van der Waals surface area (Å²) >= 11 is 3.52. The number of nitrogens with two attached hydrogens (primary N) is 2. The fourth-order valence-electron chi connectivity index (χ4n) is 2.90. The van der Waals surface area contributed by atoms with E-state index in [1.54, 1.807) is 0 Å². The van der Waals surface area contributed by atoms with Gasteiger partial charge >= 0.3 is 0 Å². The Labute approximate surface area is 111 Å². The van der Waals surface area contributed by atoms with Crippen molar-refractivity contribution in [1.82, 2.24) is 0 Å². The Morgan fingerprint density at radius 1 is 1.35 bits per heavy atom. The molecule has 1 aliphatic carbocycles. The molecule has 0 unspecified atom stereocenters. The average molecular weight is 295 g/mol. The van der Waals surface area contributed by atoms with Crippen LogP contribution in [0.1, 0.15) is 32.3 Å². The maximum Gasteiger partial charge on any atom is 0.0376 e. The lowest BCUT2D eigenvalue weighted by Gasteiger charge is -2.48. The molecule has 17 heavy (non-hydrogen) atoms. The van der Waals surface area contributed by atoms with Crippen LogP contribution < -0.4 is 11.5 Å². The summed E-state index contributed by atoms with van der Waals surface area (Å²) in [6.45, 7) is 4.15. The first-order valence-corrected chi connectivity index (χ1v) is 6.73. The van der Waals surface area contributed by atoms with Crippen LogP contribution in [-0.4, -0.2) is 0 Å². The lowest BCUT2D eigenvalue weighted by molar-refractivity contribution is 0.192. The van der Waals surface area contributed by atoms with Gasteiger partial charge in [-0.05, 0) is 43.4 Å². The van der Waals surface area contributed by atoms with Gasteiger partial charge in [0.15, 0.2) is 0 Å². The third-order valence-corrected chi connectivity index (χ3v) is 4.20. The lowest BCUT2D eigenvalue weighted by Crippen LogP contribution is -2.45. The quantitative estimate of drug-likeness (QED) is 0.880. The standard InChI is InChI=1S/C14H19BrN2/c1-9-7-14(8-9,13(17)10(2)16)11-4-3-5-12(15)6-11/h3-6,9H,7-8,16-17H2,1-2H3/b13-10-. The maximum atomic E-state index is 6.24. The molecule has 0 amide bonds. The predicted octanol–water partition coefficient (Wildman–Crippen LogP) is 3.27. The number of allylic oxidation sites excluding steroid dienone is 2. The van der Waals surface area contributed by atoms with Gasteiger partial charge in [-0.25, -0.2) is 0 Å². The Kier molecular flexibility index (Phi) is 3.21. The summed E-state index contributed by atoms with van der Waals surface area (Å²) in [5.74, 6) is 0.715. The van der Waals surface area contributed by atoms with E-state index in [1.165, 1.54) is 5.56 Å². The Morgan fingerprint density at radius 3 is 2.47 bits per heavy atom. The van der Waals surface area contributed by atoms with Crippen LogP contribution in [0.2, 0.25) is 0 Å². The van der Waals surface area contributed by atoms with Crippen molar-refractivity contribution >= 4 is 15.9 Å². The zero-order valence-corrected chi connectivity index (χ0v) is 11.9. The zero-order chi connectivity index (χ0) is 12.6. The molecule has 0 heterocycles. The molecule has 92 valence electrons. The molecular formula is C14H19BrN2. The van der Waals surface area contributed by atoms with Crippen molar-refractivity contribution in [3.63, 3.8) is 0 Å². The molecule has 1 fully saturated rings. The first-order valence-electron chi connectivity index (χ1n) is 5.94. The molecule has 4 N–H and O–H groups in total. The van der Waals surface area contributed by atoms with Crippen molar-refractivity contribution in [3.05, 3.63) is 45.7 Å². The van der Waals surface area contributed by atoms with Crippen LogP contribution >= 0.6 is 15.9 Å². The molecule has 1 aromatic rings. The molecule has 0 aromatic heterocycles. The fourth-order valence-corrected chi connectivity index (χ4v) is 3.30. The zero-order valence-electron chi connectivity index (χ0n) is 10.3. The summed E-state index contributed by atoms with van der Waals surface area (Å²) in [5.41, 5.74) is 15.0. The molecule has 2 rings (SSSR count). The topological polar surface area (TPSA) is 52.0 Å². The van der Waals surface area contributed by atoms with E-state index in [4.69, 9.17) is 11.5 Å². The molecule has 1 saturated carbocycles. The number of hydrogen-bond donors (Lipinski definition) is 2. The summed E-state index contributed by atoms with van der Waals surface area (Å²) in [4.78, 5) is 0. The van der Waals surface area contributed by atoms with Crippen molar-refractivity contribution < 1.29 is 0 Å². The third kappa shape index (κ3) is 2.08. The van der Waals surface area contributed by atoms with Crippen molar-refractivity contribution in [1.29, 1.82) is 0 Å². The van der Waals surface area contributed by atoms with Gasteiger partial charge < -0.3 is 11.5 Å². The van der Waals surface area contributed by atoms with Crippen molar-refractivity contribution in [2.75, 3.05) is 0 Å². The van der Waals surface area contributed by atoms with Crippen LogP contribution in [-0.2, 0) is 5.41 Å². The Balaban J connectivity index is 2.47.